The van der Waals surface area contributed by atoms with Crippen LogP contribution in [0.15, 0.2) is 86.2 Å². The second kappa shape index (κ2) is 12.6. The van der Waals surface area contributed by atoms with E-state index in [1.165, 1.54) is 42.3 Å². The van der Waals surface area contributed by atoms with E-state index in [1.807, 2.05) is 12.1 Å². The number of nitrogens with zero attached hydrogens (tertiary/aromatic N) is 2. The Balaban J connectivity index is 1.51. The molecule has 12 heteroatoms. The van der Waals surface area contributed by atoms with Gasteiger partial charge in [0, 0.05) is 10.6 Å². The Morgan fingerprint density at radius 3 is 2.47 bits per heavy atom. The Morgan fingerprint density at radius 2 is 1.81 bits per heavy atom. The zero-order chi connectivity index (χ0) is 30.8. The Labute approximate surface area is 263 Å². The number of rotatable bonds is 8. The molecule has 5 rings (SSSR count). The smallest absolute Gasteiger partial charge is 0.338 e. The number of thiazole rings is 1. The minimum absolute atomic E-state index is 0.203. The maximum atomic E-state index is 13.9. The fraction of sp³-hybridized carbons (Fsp3) is 0.161. The van der Waals surface area contributed by atoms with Crippen LogP contribution < -0.4 is 24.4 Å². The van der Waals surface area contributed by atoms with Gasteiger partial charge in [-0.25, -0.2) is 14.6 Å². The lowest BCUT2D eigenvalue weighted by atomic mass is 9.95. The average molecular weight is 684 g/mol. The first-order valence-corrected chi connectivity index (χ1v) is 14.8. The summed E-state index contributed by atoms with van der Waals surface area (Å²) >= 11 is 11.1. The molecule has 1 aromatic heterocycles. The lowest BCUT2D eigenvalue weighted by molar-refractivity contribution is -0.136. The monoisotopic (exact) mass is 682 g/mol. The van der Waals surface area contributed by atoms with Gasteiger partial charge in [0.2, 0.25) is 0 Å². The molecule has 3 aromatic carbocycles. The molecule has 220 valence electrons. The van der Waals surface area contributed by atoms with Gasteiger partial charge in [-0.1, -0.05) is 41.1 Å². The lowest BCUT2D eigenvalue weighted by Gasteiger charge is -2.25. The summed E-state index contributed by atoms with van der Waals surface area (Å²) in [6.07, 6.45) is 1.74. The van der Waals surface area contributed by atoms with Gasteiger partial charge in [0.25, 0.3) is 5.56 Å². The molecule has 1 aliphatic heterocycles. The van der Waals surface area contributed by atoms with E-state index in [2.05, 4.69) is 20.9 Å². The highest BCUT2D eigenvalue weighted by Crippen LogP contribution is 2.37. The molecule has 0 radical (unpaired) electrons. The fourth-order valence-corrected chi connectivity index (χ4v) is 6.42. The second-order valence-corrected chi connectivity index (χ2v) is 11.7. The predicted octanol–water partition coefficient (Wildman–Crippen LogP) is 5.11. The van der Waals surface area contributed by atoms with E-state index >= 15 is 0 Å². The first-order valence-electron chi connectivity index (χ1n) is 12.8. The van der Waals surface area contributed by atoms with Crippen LogP contribution in [0.3, 0.4) is 0 Å². The molecule has 9 nitrogen and oxygen atoms in total. The topological polar surface area (TPSA) is 116 Å². The number of aromatic nitrogens is 1. The van der Waals surface area contributed by atoms with Gasteiger partial charge in [-0.3, -0.25) is 9.36 Å². The molecule has 0 saturated heterocycles. The molecular formula is C31H24BrClN2O7S. The average Bonchev–Trinajstić information content (AvgIpc) is 3.29. The van der Waals surface area contributed by atoms with Crippen LogP contribution in [0.5, 0.6) is 11.5 Å². The number of hydrogen-bond donors (Lipinski definition) is 1. The molecule has 2 heterocycles. The minimum Gasteiger partial charge on any atom is -0.496 e. The summed E-state index contributed by atoms with van der Waals surface area (Å²) in [5, 5.41) is 9.49. The Hall–Kier alpha value is -4.19. The van der Waals surface area contributed by atoms with Crippen molar-refractivity contribution in [1.29, 1.82) is 0 Å². The van der Waals surface area contributed by atoms with Crippen LogP contribution >= 0.6 is 38.9 Å². The van der Waals surface area contributed by atoms with Crippen molar-refractivity contribution < 1.29 is 28.9 Å². The molecule has 4 aromatic rings. The van der Waals surface area contributed by atoms with Gasteiger partial charge in [-0.05, 0) is 82.5 Å². The maximum absolute atomic E-state index is 13.9. The lowest BCUT2D eigenvalue weighted by Crippen LogP contribution is -2.40. The number of aromatic carboxylic acids is 1. The summed E-state index contributed by atoms with van der Waals surface area (Å²) in [6.45, 7) is 1.94. The van der Waals surface area contributed by atoms with Crippen LogP contribution in [-0.2, 0) is 16.1 Å². The number of carboxylic acid groups (broad SMARTS) is 1. The molecule has 0 unspecified atom stereocenters. The molecule has 1 aliphatic rings. The van der Waals surface area contributed by atoms with Crippen LogP contribution in [0.2, 0.25) is 5.02 Å². The Morgan fingerprint density at radius 1 is 1.09 bits per heavy atom. The number of benzene rings is 3. The van der Waals surface area contributed by atoms with Crippen molar-refractivity contribution in [3.63, 3.8) is 0 Å². The second-order valence-electron chi connectivity index (χ2n) is 9.44. The molecule has 1 N–H and O–H groups in total. The largest absolute Gasteiger partial charge is 0.496 e. The number of carboxylic acids is 1. The number of esters is 1. The van der Waals surface area contributed by atoms with Crippen LogP contribution in [0.1, 0.15) is 40.0 Å². The van der Waals surface area contributed by atoms with Crippen molar-refractivity contribution in [2.24, 2.45) is 4.99 Å². The Bertz CT molecular complexity index is 1970. The molecule has 0 aliphatic carbocycles. The van der Waals surface area contributed by atoms with Crippen LogP contribution in [-0.4, -0.2) is 35.8 Å². The van der Waals surface area contributed by atoms with E-state index in [-0.39, 0.29) is 23.3 Å². The standard InChI is InChI=1S/C31H24BrClN2O7S/c1-16-26(30(39)41-3)27(21-14-20(33)9-11-23(21)40-2)35-28(36)25(43-31(35)34-16)13-18-6-10-24(22(32)12-18)42-15-17-4-7-19(8-5-17)29(37)38/h4-14,27H,15H2,1-3H3,(H,37,38)/b25-13-/t27-/m1/s1. The van der Waals surface area contributed by atoms with Crippen molar-refractivity contribution in [3.8, 4) is 11.5 Å². The maximum Gasteiger partial charge on any atom is 0.338 e. The molecule has 0 saturated carbocycles. The number of fused-ring (bicyclic) bond motifs is 1. The number of ether oxygens (including phenoxy) is 3. The van der Waals surface area contributed by atoms with E-state index in [0.29, 0.717) is 41.6 Å². The SMILES string of the molecule is COC(=O)C1=C(C)N=c2s/c(=C\c3ccc(OCc4ccc(C(=O)O)cc4)c(Br)c3)c(=O)n2[C@@H]1c1cc(Cl)ccc1OC. The van der Waals surface area contributed by atoms with Gasteiger partial charge in [0.15, 0.2) is 4.80 Å². The molecular weight excluding hydrogens is 660 g/mol. The van der Waals surface area contributed by atoms with Gasteiger partial charge in [-0.2, -0.15) is 0 Å². The van der Waals surface area contributed by atoms with E-state index in [1.54, 1.807) is 49.4 Å². The van der Waals surface area contributed by atoms with Crippen molar-refractivity contribution in [3.05, 3.63) is 123 Å². The normalized spacial score (nSPS) is 14.6. The third-order valence-corrected chi connectivity index (χ3v) is 8.60. The number of halogens is 2. The van der Waals surface area contributed by atoms with Gasteiger partial charge in [-0.15, -0.1) is 0 Å². The third kappa shape index (κ3) is 6.15. The zero-order valence-corrected chi connectivity index (χ0v) is 26.2. The molecule has 0 amide bonds. The van der Waals surface area contributed by atoms with E-state index in [9.17, 15) is 14.4 Å². The van der Waals surface area contributed by atoms with Gasteiger partial charge < -0.3 is 19.3 Å². The molecule has 0 spiro atoms. The zero-order valence-electron chi connectivity index (χ0n) is 23.1. The van der Waals surface area contributed by atoms with Gasteiger partial charge in [0.1, 0.15) is 24.1 Å². The van der Waals surface area contributed by atoms with Crippen molar-refractivity contribution >= 4 is 56.9 Å². The third-order valence-electron chi connectivity index (χ3n) is 6.76. The summed E-state index contributed by atoms with van der Waals surface area (Å²) in [7, 11) is 2.78. The van der Waals surface area contributed by atoms with Crippen LogP contribution in [0, 0.1) is 0 Å². The molecule has 43 heavy (non-hydrogen) atoms. The highest BCUT2D eigenvalue weighted by molar-refractivity contribution is 9.10. The molecule has 0 bridgehead atoms. The quantitative estimate of drug-likeness (QED) is 0.257. The number of methoxy groups -OCH3 is 2. The van der Waals surface area contributed by atoms with E-state index < -0.39 is 18.0 Å². The van der Waals surface area contributed by atoms with Crippen LogP contribution in [0.25, 0.3) is 6.08 Å². The highest BCUT2D eigenvalue weighted by atomic mass is 79.9. The van der Waals surface area contributed by atoms with Crippen molar-refractivity contribution in [2.75, 3.05) is 14.2 Å². The fourth-order valence-electron chi connectivity index (χ4n) is 4.69. The van der Waals surface area contributed by atoms with Crippen molar-refractivity contribution in [1.82, 2.24) is 4.57 Å². The van der Waals surface area contributed by atoms with Gasteiger partial charge >= 0.3 is 11.9 Å². The number of hydrogen-bond acceptors (Lipinski definition) is 8. The number of carbonyl (C=O) groups is 2. The van der Waals surface area contributed by atoms with Gasteiger partial charge in [0.05, 0.1) is 40.1 Å². The summed E-state index contributed by atoms with van der Waals surface area (Å²) < 4.78 is 19.1. The molecule has 1 atom stereocenters. The van der Waals surface area contributed by atoms with Crippen molar-refractivity contribution in [2.45, 2.75) is 19.6 Å². The Kier molecular flexibility index (Phi) is 8.86. The number of carbonyl (C=O) groups excluding carboxylic acids is 1. The summed E-state index contributed by atoms with van der Waals surface area (Å²) in [5.74, 6) is -0.568. The first-order chi connectivity index (χ1) is 20.6. The first kappa shape index (κ1) is 30.3. The summed E-state index contributed by atoms with van der Waals surface area (Å²) in [5.41, 5.74) is 2.57. The minimum atomic E-state index is -0.989. The molecule has 0 fully saturated rings. The summed E-state index contributed by atoms with van der Waals surface area (Å²) in [6, 6.07) is 16.0. The summed E-state index contributed by atoms with van der Waals surface area (Å²) in [4.78, 5) is 42.9. The predicted molar refractivity (Wildman–Crippen MR) is 166 cm³/mol. The van der Waals surface area contributed by atoms with Crippen LogP contribution in [0.4, 0.5) is 0 Å². The van der Waals surface area contributed by atoms with E-state index in [4.69, 9.17) is 30.9 Å². The van der Waals surface area contributed by atoms with E-state index in [0.717, 1.165) is 11.1 Å². The highest BCUT2D eigenvalue weighted by Gasteiger charge is 2.35. The number of allylic oxidation sites excluding steroid dienone is 1.